The van der Waals surface area contributed by atoms with Crippen molar-refractivity contribution in [1.29, 1.82) is 0 Å². The first kappa shape index (κ1) is 15.1. The van der Waals surface area contributed by atoms with Crippen LogP contribution in [0.1, 0.15) is 79.1 Å². The first-order valence-electron chi connectivity index (χ1n) is 8.41. The zero-order valence-electron chi connectivity index (χ0n) is 13.4. The first-order chi connectivity index (χ1) is 8.88. The predicted octanol–water partition coefficient (Wildman–Crippen LogP) is 5.23. The molecule has 0 bridgehead atoms. The number of hydrogen-bond donors (Lipinski definition) is 0. The second-order valence-corrected chi connectivity index (χ2v) is 8.29. The van der Waals surface area contributed by atoms with Crippen molar-refractivity contribution in [2.24, 2.45) is 29.1 Å². The zero-order valence-corrected chi connectivity index (χ0v) is 13.4. The number of rotatable bonds is 2. The summed E-state index contributed by atoms with van der Waals surface area (Å²) >= 11 is 0. The Kier molecular flexibility index (Phi) is 4.74. The maximum atomic E-state index is 12.7. The van der Waals surface area contributed by atoms with Gasteiger partial charge in [0.05, 0.1) is 0 Å². The van der Waals surface area contributed by atoms with Crippen LogP contribution >= 0.6 is 0 Å². The molecule has 2 aliphatic carbocycles. The summed E-state index contributed by atoms with van der Waals surface area (Å²) in [4.78, 5) is 12.7. The van der Waals surface area contributed by atoms with Crippen molar-refractivity contribution in [3.63, 3.8) is 0 Å². The molecule has 0 saturated heterocycles. The minimum Gasteiger partial charge on any atom is -0.299 e. The van der Waals surface area contributed by atoms with E-state index in [-0.39, 0.29) is 0 Å². The zero-order chi connectivity index (χ0) is 14.0. The Hall–Kier alpha value is -0.330. The molecule has 2 fully saturated rings. The predicted molar refractivity (Wildman–Crippen MR) is 81.0 cm³/mol. The number of carbonyl (C=O) groups is 1. The fourth-order valence-electron chi connectivity index (χ4n) is 4.27. The lowest BCUT2D eigenvalue weighted by Crippen LogP contribution is -2.33. The van der Waals surface area contributed by atoms with Crippen LogP contribution in [-0.4, -0.2) is 5.78 Å². The van der Waals surface area contributed by atoms with Crippen LogP contribution in [0.25, 0.3) is 0 Å². The Morgan fingerprint density at radius 2 is 1.53 bits per heavy atom. The fourth-order valence-corrected chi connectivity index (χ4v) is 4.27. The van der Waals surface area contributed by atoms with E-state index < -0.39 is 0 Å². The lowest BCUT2D eigenvalue weighted by molar-refractivity contribution is -0.129. The number of hydrogen-bond acceptors (Lipinski definition) is 1. The molecule has 2 aliphatic rings. The first-order valence-corrected chi connectivity index (χ1v) is 8.41. The number of Topliss-reactive ketones (excluding diaryl/α,β-unsaturated/α-hetero) is 1. The Morgan fingerprint density at radius 1 is 0.895 bits per heavy atom. The van der Waals surface area contributed by atoms with Gasteiger partial charge in [0.25, 0.3) is 0 Å². The fraction of sp³-hybridized carbons (Fsp3) is 0.944. The molecule has 2 atom stereocenters. The van der Waals surface area contributed by atoms with Gasteiger partial charge in [0, 0.05) is 11.8 Å². The van der Waals surface area contributed by atoms with Crippen molar-refractivity contribution < 1.29 is 4.79 Å². The largest absolute Gasteiger partial charge is 0.299 e. The summed E-state index contributed by atoms with van der Waals surface area (Å²) < 4.78 is 0. The molecule has 2 unspecified atom stereocenters. The Labute approximate surface area is 119 Å². The maximum absolute atomic E-state index is 12.7. The van der Waals surface area contributed by atoms with E-state index in [1.54, 1.807) is 0 Å². The lowest BCUT2D eigenvalue weighted by Gasteiger charge is -2.38. The maximum Gasteiger partial charge on any atom is 0.139 e. The van der Waals surface area contributed by atoms with Gasteiger partial charge in [-0.25, -0.2) is 0 Å². The van der Waals surface area contributed by atoms with Gasteiger partial charge >= 0.3 is 0 Å². The summed E-state index contributed by atoms with van der Waals surface area (Å²) in [6.07, 6.45) is 9.79. The van der Waals surface area contributed by atoms with Gasteiger partial charge in [0.15, 0.2) is 0 Å². The van der Waals surface area contributed by atoms with Gasteiger partial charge in [-0.3, -0.25) is 4.79 Å². The minimum atomic E-state index is 0.397. The normalized spacial score (nSPS) is 37.1. The molecular formula is C18H32O. The van der Waals surface area contributed by atoms with Crippen molar-refractivity contribution in [2.75, 3.05) is 0 Å². The van der Waals surface area contributed by atoms with E-state index in [4.69, 9.17) is 0 Å². The van der Waals surface area contributed by atoms with Gasteiger partial charge in [-0.15, -0.1) is 0 Å². The van der Waals surface area contributed by atoms with E-state index in [0.29, 0.717) is 23.0 Å². The summed E-state index contributed by atoms with van der Waals surface area (Å²) in [6.45, 7) is 9.36. The van der Waals surface area contributed by atoms with Crippen LogP contribution in [0.4, 0.5) is 0 Å². The van der Waals surface area contributed by atoms with Crippen molar-refractivity contribution >= 4 is 5.78 Å². The SMILES string of the molecule is CC1CCCC(C(=O)C2CCC(C(C)(C)C)CC2)C1. The molecule has 19 heavy (non-hydrogen) atoms. The van der Waals surface area contributed by atoms with Crippen LogP contribution in [0, 0.1) is 29.1 Å². The molecule has 0 N–H and O–H groups in total. The van der Waals surface area contributed by atoms with Crippen LogP contribution in [0.2, 0.25) is 0 Å². The van der Waals surface area contributed by atoms with E-state index in [1.807, 2.05) is 0 Å². The highest BCUT2D eigenvalue weighted by Gasteiger charge is 2.35. The van der Waals surface area contributed by atoms with E-state index >= 15 is 0 Å². The molecule has 0 radical (unpaired) electrons. The van der Waals surface area contributed by atoms with E-state index in [9.17, 15) is 4.79 Å². The van der Waals surface area contributed by atoms with Crippen LogP contribution < -0.4 is 0 Å². The van der Waals surface area contributed by atoms with Gasteiger partial charge in [-0.2, -0.15) is 0 Å². The van der Waals surface area contributed by atoms with Crippen LogP contribution in [0.15, 0.2) is 0 Å². The third-order valence-corrected chi connectivity index (χ3v) is 5.69. The molecule has 0 aromatic rings. The summed E-state index contributed by atoms with van der Waals surface area (Å²) in [6, 6.07) is 0. The molecule has 110 valence electrons. The average Bonchev–Trinajstić information content (AvgIpc) is 2.37. The van der Waals surface area contributed by atoms with Gasteiger partial charge in [0.2, 0.25) is 0 Å². The van der Waals surface area contributed by atoms with Gasteiger partial charge in [-0.1, -0.05) is 40.5 Å². The molecule has 0 aromatic heterocycles. The quantitative estimate of drug-likeness (QED) is 0.667. The second kappa shape index (κ2) is 5.97. The van der Waals surface area contributed by atoms with Crippen LogP contribution in [-0.2, 0) is 4.79 Å². The van der Waals surface area contributed by atoms with Gasteiger partial charge in [0.1, 0.15) is 5.78 Å². The average molecular weight is 264 g/mol. The van der Waals surface area contributed by atoms with Crippen LogP contribution in [0.5, 0.6) is 0 Å². The van der Waals surface area contributed by atoms with E-state index in [1.165, 1.54) is 32.1 Å². The molecule has 2 rings (SSSR count). The standard InChI is InChI=1S/C18H32O/c1-13-6-5-7-15(12-13)17(19)14-8-10-16(11-9-14)18(2,3)4/h13-16H,5-12H2,1-4H3. The number of carbonyl (C=O) groups excluding carboxylic acids is 1. The highest BCUT2D eigenvalue weighted by molar-refractivity contribution is 5.83. The molecule has 0 aromatic carbocycles. The Bertz CT molecular complexity index is 304. The van der Waals surface area contributed by atoms with Gasteiger partial charge < -0.3 is 0 Å². The molecule has 0 spiro atoms. The van der Waals surface area contributed by atoms with E-state index in [0.717, 1.165) is 31.1 Å². The minimum absolute atomic E-state index is 0.397. The molecule has 1 heteroatoms. The molecule has 2 saturated carbocycles. The van der Waals surface area contributed by atoms with Crippen molar-refractivity contribution in [3.05, 3.63) is 0 Å². The Balaban J connectivity index is 1.85. The van der Waals surface area contributed by atoms with E-state index in [2.05, 4.69) is 27.7 Å². The number of ketones is 1. The highest BCUT2D eigenvalue weighted by Crippen LogP contribution is 2.42. The summed E-state index contributed by atoms with van der Waals surface area (Å²) in [7, 11) is 0. The van der Waals surface area contributed by atoms with Crippen LogP contribution in [0.3, 0.4) is 0 Å². The molecule has 1 nitrogen and oxygen atoms in total. The highest BCUT2D eigenvalue weighted by atomic mass is 16.1. The smallest absolute Gasteiger partial charge is 0.139 e. The summed E-state index contributed by atoms with van der Waals surface area (Å²) in [5.41, 5.74) is 0.424. The topological polar surface area (TPSA) is 17.1 Å². The van der Waals surface area contributed by atoms with Crippen molar-refractivity contribution in [2.45, 2.75) is 79.1 Å². The molecule has 0 heterocycles. The lowest BCUT2D eigenvalue weighted by atomic mass is 9.67. The molecule has 0 aliphatic heterocycles. The summed E-state index contributed by atoms with van der Waals surface area (Å²) in [5.74, 6) is 3.02. The third kappa shape index (κ3) is 3.83. The summed E-state index contributed by atoms with van der Waals surface area (Å²) in [5, 5.41) is 0. The molecular weight excluding hydrogens is 232 g/mol. The van der Waals surface area contributed by atoms with Gasteiger partial charge in [-0.05, 0) is 55.8 Å². The molecule has 0 amide bonds. The Morgan fingerprint density at radius 3 is 2.05 bits per heavy atom. The monoisotopic (exact) mass is 264 g/mol. The second-order valence-electron chi connectivity index (χ2n) is 8.29. The third-order valence-electron chi connectivity index (χ3n) is 5.69. The van der Waals surface area contributed by atoms with Crippen molar-refractivity contribution in [1.82, 2.24) is 0 Å². The van der Waals surface area contributed by atoms with Crippen molar-refractivity contribution in [3.8, 4) is 0 Å².